The largest absolute Gasteiger partial charge is 0.364 e. The molecule has 7 heteroatoms. The van der Waals surface area contributed by atoms with Crippen LogP contribution in [0.2, 0.25) is 0 Å². The molecule has 1 saturated heterocycles. The lowest BCUT2D eigenvalue weighted by molar-refractivity contribution is 0.1000. The number of primary amides is 1. The molecule has 2 N–H and O–H groups in total. The zero-order valence-electron chi connectivity index (χ0n) is 11.5. The summed E-state index contributed by atoms with van der Waals surface area (Å²) in [6.07, 6.45) is 1.14. The summed E-state index contributed by atoms with van der Waals surface area (Å²) in [4.78, 5) is 25.2. The van der Waals surface area contributed by atoms with Crippen LogP contribution in [0.15, 0.2) is 12.1 Å². The maximum absolute atomic E-state index is 11.2. The smallest absolute Gasteiger partial charge is 0.277 e. The van der Waals surface area contributed by atoms with Gasteiger partial charge in [0.05, 0.1) is 0 Å². The summed E-state index contributed by atoms with van der Waals surface area (Å²) < 4.78 is 0. The van der Waals surface area contributed by atoms with Crippen molar-refractivity contribution >= 4 is 33.4 Å². The molecular weight excluding hydrogens is 274 g/mol. The molecule has 20 heavy (non-hydrogen) atoms. The van der Waals surface area contributed by atoms with Crippen LogP contribution in [0.3, 0.4) is 0 Å². The molecule has 3 heterocycles. The molecule has 0 radical (unpaired) electrons. The Balaban J connectivity index is 1.88. The van der Waals surface area contributed by atoms with Crippen LogP contribution in [0.25, 0.3) is 10.3 Å². The van der Waals surface area contributed by atoms with Crippen molar-refractivity contribution in [3.8, 4) is 0 Å². The highest BCUT2D eigenvalue weighted by atomic mass is 32.1. The van der Waals surface area contributed by atoms with E-state index in [0.717, 1.165) is 35.7 Å². The second-order valence-electron chi connectivity index (χ2n) is 5.23. The van der Waals surface area contributed by atoms with Crippen LogP contribution in [0, 0.1) is 0 Å². The molecule has 2 aromatic heterocycles. The van der Waals surface area contributed by atoms with Gasteiger partial charge in [0.15, 0.2) is 5.01 Å². The molecule has 1 fully saturated rings. The Bertz CT molecular complexity index is 653. The number of rotatable bonds is 3. The van der Waals surface area contributed by atoms with Crippen LogP contribution >= 0.6 is 11.3 Å². The highest BCUT2D eigenvalue weighted by molar-refractivity contribution is 7.19. The van der Waals surface area contributed by atoms with E-state index >= 15 is 0 Å². The van der Waals surface area contributed by atoms with Gasteiger partial charge in [0, 0.05) is 19.1 Å². The highest BCUT2D eigenvalue weighted by Gasteiger charge is 2.25. The number of nitrogens with zero attached hydrogens (tertiary/aromatic N) is 4. The van der Waals surface area contributed by atoms with Crippen LogP contribution in [-0.2, 0) is 0 Å². The van der Waals surface area contributed by atoms with Crippen LogP contribution in [0.5, 0.6) is 0 Å². The average Bonchev–Trinajstić information content (AvgIpc) is 3.04. The minimum atomic E-state index is -0.497. The molecule has 1 aliphatic rings. The van der Waals surface area contributed by atoms with Gasteiger partial charge in [-0.15, -0.1) is 0 Å². The van der Waals surface area contributed by atoms with Gasteiger partial charge >= 0.3 is 0 Å². The minimum Gasteiger partial charge on any atom is -0.364 e. The summed E-state index contributed by atoms with van der Waals surface area (Å²) in [6.45, 7) is 1.98. The maximum Gasteiger partial charge on any atom is 0.277 e. The second-order valence-corrected chi connectivity index (χ2v) is 6.21. The minimum absolute atomic E-state index is 0.317. The van der Waals surface area contributed by atoms with Gasteiger partial charge in [-0.2, -0.15) is 0 Å². The number of anilines is 1. The first-order valence-electron chi connectivity index (χ1n) is 6.53. The van der Waals surface area contributed by atoms with E-state index in [2.05, 4.69) is 33.9 Å². The van der Waals surface area contributed by atoms with E-state index in [1.54, 1.807) is 0 Å². The summed E-state index contributed by atoms with van der Waals surface area (Å²) >= 11 is 1.25. The third kappa shape index (κ3) is 2.34. The van der Waals surface area contributed by atoms with Gasteiger partial charge < -0.3 is 15.5 Å². The first-order chi connectivity index (χ1) is 9.54. The third-order valence-corrected chi connectivity index (χ3v) is 4.65. The molecule has 1 unspecified atom stereocenters. The summed E-state index contributed by atoms with van der Waals surface area (Å²) in [5, 5.41) is 0.317. The van der Waals surface area contributed by atoms with Gasteiger partial charge in [0.2, 0.25) is 0 Å². The first kappa shape index (κ1) is 13.3. The molecule has 1 amide bonds. The quantitative estimate of drug-likeness (QED) is 0.910. The Hall–Kier alpha value is -1.73. The molecule has 1 aliphatic heterocycles. The van der Waals surface area contributed by atoms with E-state index in [9.17, 15) is 4.79 Å². The maximum atomic E-state index is 11.2. The van der Waals surface area contributed by atoms with Crippen LogP contribution in [0.1, 0.15) is 16.2 Å². The van der Waals surface area contributed by atoms with Crippen molar-refractivity contribution in [2.45, 2.75) is 12.5 Å². The van der Waals surface area contributed by atoms with Crippen LogP contribution in [0.4, 0.5) is 5.82 Å². The number of amides is 1. The number of likely N-dealkylation sites (N-methyl/N-ethyl adjacent to an activating group) is 1. The average molecular weight is 291 g/mol. The molecule has 0 bridgehead atoms. The number of thiazole rings is 1. The predicted molar refractivity (Wildman–Crippen MR) is 80.2 cm³/mol. The van der Waals surface area contributed by atoms with Crippen LogP contribution in [-0.4, -0.2) is 54.0 Å². The molecule has 6 nitrogen and oxygen atoms in total. The summed E-state index contributed by atoms with van der Waals surface area (Å²) in [7, 11) is 4.21. The summed E-state index contributed by atoms with van der Waals surface area (Å²) in [6, 6.07) is 4.43. The van der Waals surface area contributed by atoms with E-state index in [-0.39, 0.29) is 0 Å². The van der Waals surface area contributed by atoms with Crippen molar-refractivity contribution < 1.29 is 4.79 Å². The predicted octanol–water partition coefficient (Wildman–Crippen LogP) is 0.931. The zero-order chi connectivity index (χ0) is 14.3. The Labute approximate surface area is 121 Å². The lowest BCUT2D eigenvalue weighted by Crippen LogP contribution is -2.31. The van der Waals surface area contributed by atoms with E-state index in [0.29, 0.717) is 11.0 Å². The SMILES string of the molecule is CN(C)C1CCN(c2ccc3nc(C(N)=O)sc3n2)C1. The van der Waals surface area contributed by atoms with Crippen molar-refractivity contribution in [1.29, 1.82) is 0 Å². The molecule has 3 rings (SSSR count). The van der Waals surface area contributed by atoms with Crippen LogP contribution < -0.4 is 10.6 Å². The first-order valence-corrected chi connectivity index (χ1v) is 7.35. The number of aromatic nitrogens is 2. The Morgan fingerprint density at radius 3 is 2.90 bits per heavy atom. The van der Waals surface area contributed by atoms with E-state index < -0.39 is 5.91 Å². The van der Waals surface area contributed by atoms with Crippen molar-refractivity contribution in [2.75, 3.05) is 32.1 Å². The molecule has 1 atom stereocenters. The van der Waals surface area contributed by atoms with Crippen molar-refractivity contribution in [3.63, 3.8) is 0 Å². The van der Waals surface area contributed by atoms with Gasteiger partial charge in [-0.3, -0.25) is 4.79 Å². The lowest BCUT2D eigenvalue weighted by Gasteiger charge is -2.20. The van der Waals surface area contributed by atoms with Crippen molar-refractivity contribution in [2.24, 2.45) is 5.73 Å². The zero-order valence-corrected chi connectivity index (χ0v) is 12.4. The summed E-state index contributed by atoms with van der Waals surface area (Å²) in [5.74, 6) is 0.449. The van der Waals surface area contributed by atoms with E-state index in [1.807, 2.05) is 12.1 Å². The number of carbonyl (C=O) groups is 1. The van der Waals surface area contributed by atoms with Gasteiger partial charge in [-0.05, 0) is 32.6 Å². The Morgan fingerprint density at radius 2 is 2.25 bits per heavy atom. The lowest BCUT2D eigenvalue weighted by atomic mass is 10.2. The number of hydrogen-bond donors (Lipinski definition) is 1. The third-order valence-electron chi connectivity index (χ3n) is 3.67. The van der Waals surface area contributed by atoms with Gasteiger partial charge in [-0.25, -0.2) is 9.97 Å². The van der Waals surface area contributed by atoms with E-state index in [4.69, 9.17) is 5.73 Å². The van der Waals surface area contributed by atoms with Crippen molar-refractivity contribution in [1.82, 2.24) is 14.9 Å². The fourth-order valence-corrected chi connectivity index (χ4v) is 3.25. The number of fused-ring (bicyclic) bond motifs is 1. The number of hydrogen-bond acceptors (Lipinski definition) is 6. The second kappa shape index (κ2) is 4.99. The molecule has 0 saturated carbocycles. The Kier molecular flexibility index (Phi) is 3.31. The van der Waals surface area contributed by atoms with E-state index in [1.165, 1.54) is 11.3 Å². The number of nitrogens with two attached hydrogens (primary N) is 1. The number of pyridine rings is 1. The highest BCUT2D eigenvalue weighted by Crippen LogP contribution is 2.26. The monoisotopic (exact) mass is 291 g/mol. The number of carbonyl (C=O) groups excluding carboxylic acids is 1. The standard InChI is InChI=1S/C13H17N5OS/c1-17(2)8-5-6-18(7-8)10-4-3-9-12(16-10)20-13(15-9)11(14)19/h3-4,8H,5-7H2,1-2H3,(H2,14,19). The van der Waals surface area contributed by atoms with Crippen molar-refractivity contribution in [3.05, 3.63) is 17.1 Å². The van der Waals surface area contributed by atoms with Gasteiger partial charge in [0.25, 0.3) is 5.91 Å². The fourth-order valence-electron chi connectivity index (χ4n) is 2.46. The fraction of sp³-hybridized carbons (Fsp3) is 0.462. The molecule has 0 spiro atoms. The molecule has 0 aliphatic carbocycles. The van der Waals surface area contributed by atoms with Gasteiger partial charge in [0.1, 0.15) is 16.2 Å². The summed E-state index contributed by atoms with van der Waals surface area (Å²) in [5.41, 5.74) is 5.99. The molecular formula is C13H17N5OS. The topological polar surface area (TPSA) is 75.3 Å². The van der Waals surface area contributed by atoms with Gasteiger partial charge in [-0.1, -0.05) is 11.3 Å². The molecule has 106 valence electrons. The molecule has 2 aromatic rings. The Morgan fingerprint density at radius 1 is 1.45 bits per heavy atom. The normalized spacial score (nSPS) is 19.1. The molecule has 0 aromatic carbocycles.